The van der Waals surface area contributed by atoms with Crippen LogP contribution in [-0.4, -0.2) is 25.5 Å². The first-order valence-electron chi connectivity index (χ1n) is 7.55. The molecule has 0 fully saturated rings. The van der Waals surface area contributed by atoms with E-state index in [1.807, 2.05) is 0 Å². The van der Waals surface area contributed by atoms with Crippen LogP contribution in [0.4, 0.5) is 17.1 Å². The van der Waals surface area contributed by atoms with E-state index in [9.17, 15) is 25.0 Å². The van der Waals surface area contributed by atoms with E-state index in [-0.39, 0.29) is 34.3 Å². The van der Waals surface area contributed by atoms with E-state index in [4.69, 9.17) is 11.6 Å². The summed E-state index contributed by atoms with van der Waals surface area (Å²) in [5.41, 5.74) is 0.449. The number of carbonyl (C=O) groups excluding carboxylic acids is 1. The second kappa shape index (κ2) is 7.48. The van der Waals surface area contributed by atoms with E-state index >= 15 is 0 Å². The highest BCUT2D eigenvalue weighted by atomic mass is 35.5. The van der Waals surface area contributed by atoms with Gasteiger partial charge in [-0.2, -0.15) is 5.10 Å². The first kappa shape index (κ1) is 19.3. The quantitative estimate of drug-likeness (QED) is 0.603. The van der Waals surface area contributed by atoms with Gasteiger partial charge < -0.3 is 5.32 Å². The monoisotopic (exact) mass is 381 g/mol. The third-order valence-electron chi connectivity index (χ3n) is 3.84. The summed E-state index contributed by atoms with van der Waals surface area (Å²) in [5, 5.41) is 28.7. The molecular weight excluding hydrogens is 366 g/mol. The number of nitrogens with one attached hydrogen (secondary N) is 1. The van der Waals surface area contributed by atoms with Crippen LogP contribution in [0.15, 0.2) is 18.2 Å². The molecule has 1 atom stereocenters. The summed E-state index contributed by atoms with van der Waals surface area (Å²) in [5.74, 6) is -1.05. The molecule has 1 unspecified atom stereocenters. The molecule has 1 aromatic heterocycles. The number of hydrogen-bond donors (Lipinski definition) is 1. The third-order valence-corrected chi connectivity index (χ3v) is 4.17. The van der Waals surface area contributed by atoms with Crippen molar-refractivity contribution in [3.8, 4) is 0 Å². The van der Waals surface area contributed by atoms with Crippen molar-refractivity contribution in [2.75, 3.05) is 5.32 Å². The molecule has 1 amide bonds. The normalized spacial score (nSPS) is 11.8. The van der Waals surface area contributed by atoms with Crippen LogP contribution in [0.1, 0.15) is 18.3 Å². The van der Waals surface area contributed by atoms with Crippen LogP contribution in [0, 0.1) is 40.0 Å². The molecule has 0 saturated carbocycles. The number of nitro benzene ring substituents is 1. The highest BCUT2D eigenvalue weighted by molar-refractivity contribution is 6.33. The highest BCUT2D eigenvalue weighted by Crippen LogP contribution is 2.27. The van der Waals surface area contributed by atoms with Gasteiger partial charge in [-0.25, -0.2) is 0 Å². The van der Waals surface area contributed by atoms with Crippen molar-refractivity contribution >= 4 is 34.6 Å². The van der Waals surface area contributed by atoms with Crippen LogP contribution >= 0.6 is 11.6 Å². The molecule has 0 aliphatic heterocycles. The smallest absolute Gasteiger partial charge is 0.312 e. The lowest BCUT2D eigenvalue weighted by Gasteiger charge is -2.14. The first-order valence-corrected chi connectivity index (χ1v) is 7.92. The molecular formula is C15H16ClN5O5. The number of aryl methyl sites for hydroxylation is 1. The Balaban J connectivity index is 2.16. The standard InChI is InChI=1S/C15H16ClN5O5/c1-8(7-19-10(3)14(21(25)26)9(2)18-19)15(22)17-13-6-11(20(23)24)4-5-12(13)16/h4-6,8H,7H2,1-3H3,(H,17,22). The molecule has 0 spiro atoms. The molecule has 0 saturated heterocycles. The Bertz CT molecular complexity index is 895. The Morgan fingerprint density at radius 1 is 1.31 bits per heavy atom. The minimum Gasteiger partial charge on any atom is -0.324 e. The summed E-state index contributed by atoms with van der Waals surface area (Å²) in [6.45, 7) is 4.80. The molecule has 0 aliphatic rings. The van der Waals surface area contributed by atoms with E-state index in [1.165, 1.54) is 29.8 Å². The van der Waals surface area contributed by atoms with Gasteiger partial charge in [-0.05, 0) is 19.9 Å². The van der Waals surface area contributed by atoms with Gasteiger partial charge in [-0.3, -0.25) is 29.7 Å². The fourth-order valence-electron chi connectivity index (χ4n) is 2.45. The Hall–Kier alpha value is -3.01. The molecule has 2 aromatic rings. The average molecular weight is 382 g/mol. The largest absolute Gasteiger partial charge is 0.324 e. The SMILES string of the molecule is Cc1nn(CC(C)C(=O)Nc2cc([N+](=O)[O-])ccc2Cl)c(C)c1[N+](=O)[O-]. The summed E-state index contributed by atoms with van der Waals surface area (Å²) in [6.07, 6.45) is 0. The summed E-state index contributed by atoms with van der Waals surface area (Å²) in [7, 11) is 0. The van der Waals surface area contributed by atoms with Crippen molar-refractivity contribution in [3.63, 3.8) is 0 Å². The maximum absolute atomic E-state index is 12.4. The first-order chi connectivity index (χ1) is 12.1. The van der Waals surface area contributed by atoms with E-state index in [0.29, 0.717) is 5.69 Å². The summed E-state index contributed by atoms with van der Waals surface area (Å²) >= 11 is 5.96. The van der Waals surface area contributed by atoms with Crippen LogP contribution in [0.5, 0.6) is 0 Å². The molecule has 26 heavy (non-hydrogen) atoms. The van der Waals surface area contributed by atoms with E-state index in [1.54, 1.807) is 13.8 Å². The van der Waals surface area contributed by atoms with Crippen LogP contribution in [0.25, 0.3) is 0 Å². The van der Waals surface area contributed by atoms with Gasteiger partial charge in [0, 0.05) is 12.1 Å². The number of benzene rings is 1. The van der Waals surface area contributed by atoms with E-state index < -0.39 is 21.7 Å². The van der Waals surface area contributed by atoms with Crippen molar-refractivity contribution in [2.24, 2.45) is 5.92 Å². The molecule has 0 bridgehead atoms. The summed E-state index contributed by atoms with van der Waals surface area (Å²) < 4.78 is 1.40. The van der Waals surface area contributed by atoms with Crippen LogP contribution < -0.4 is 5.32 Å². The summed E-state index contributed by atoms with van der Waals surface area (Å²) in [6, 6.07) is 3.72. The average Bonchev–Trinajstić information content (AvgIpc) is 2.82. The van der Waals surface area contributed by atoms with Gasteiger partial charge in [0.05, 0.1) is 33.0 Å². The molecule has 2 rings (SSSR count). The molecule has 11 heteroatoms. The highest BCUT2D eigenvalue weighted by Gasteiger charge is 2.24. The van der Waals surface area contributed by atoms with Crippen molar-refractivity contribution in [3.05, 3.63) is 54.8 Å². The number of carbonyl (C=O) groups is 1. The Morgan fingerprint density at radius 3 is 2.50 bits per heavy atom. The zero-order chi connectivity index (χ0) is 19.6. The van der Waals surface area contributed by atoms with Gasteiger partial charge in [-0.15, -0.1) is 0 Å². The molecule has 1 heterocycles. The zero-order valence-corrected chi connectivity index (χ0v) is 15.0. The fourth-order valence-corrected chi connectivity index (χ4v) is 2.62. The van der Waals surface area contributed by atoms with Crippen molar-refractivity contribution < 1.29 is 14.6 Å². The number of aromatic nitrogens is 2. The van der Waals surface area contributed by atoms with Crippen LogP contribution in [0.3, 0.4) is 0 Å². The number of anilines is 1. The number of nitro groups is 2. The Kier molecular flexibility index (Phi) is 5.56. The van der Waals surface area contributed by atoms with Crippen LogP contribution in [-0.2, 0) is 11.3 Å². The Morgan fingerprint density at radius 2 is 1.96 bits per heavy atom. The molecule has 1 aromatic carbocycles. The number of halogens is 1. The van der Waals surface area contributed by atoms with Gasteiger partial charge in [-0.1, -0.05) is 18.5 Å². The lowest BCUT2D eigenvalue weighted by molar-refractivity contribution is -0.386. The van der Waals surface area contributed by atoms with Gasteiger partial charge >= 0.3 is 5.69 Å². The van der Waals surface area contributed by atoms with Crippen molar-refractivity contribution in [2.45, 2.75) is 27.3 Å². The molecule has 0 aliphatic carbocycles. The minimum atomic E-state index is -0.608. The molecule has 1 N–H and O–H groups in total. The van der Waals surface area contributed by atoms with E-state index in [0.717, 1.165) is 0 Å². The van der Waals surface area contributed by atoms with Gasteiger partial charge in [0.1, 0.15) is 11.4 Å². The minimum absolute atomic E-state index is 0.0839. The second-order valence-electron chi connectivity index (χ2n) is 5.77. The van der Waals surface area contributed by atoms with Crippen molar-refractivity contribution in [1.29, 1.82) is 0 Å². The predicted molar refractivity (Wildman–Crippen MR) is 94.3 cm³/mol. The second-order valence-corrected chi connectivity index (χ2v) is 6.18. The third kappa shape index (κ3) is 3.97. The molecule has 10 nitrogen and oxygen atoms in total. The van der Waals surface area contributed by atoms with Crippen molar-refractivity contribution in [1.82, 2.24) is 9.78 Å². The number of non-ortho nitro benzene ring substituents is 1. The summed E-state index contributed by atoms with van der Waals surface area (Å²) in [4.78, 5) is 33.1. The maximum atomic E-state index is 12.4. The topological polar surface area (TPSA) is 133 Å². The number of hydrogen-bond acceptors (Lipinski definition) is 6. The zero-order valence-electron chi connectivity index (χ0n) is 14.2. The predicted octanol–water partition coefficient (Wildman–Crippen LogP) is 3.24. The van der Waals surface area contributed by atoms with Gasteiger partial charge in [0.15, 0.2) is 0 Å². The van der Waals surface area contributed by atoms with Gasteiger partial charge in [0.2, 0.25) is 5.91 Å². The lowest BCUT2D eigenvalue weighted by Crippen LogP contribution is -2.25. The Labute approximate surface area is 153 Å². The molecule has 0 radical (unpaired) electrons. The van der Waals surface area contributed by atoms with E-state index in [2.05, 4.69) is 10.4 Å². The number of rotatable bonds is 6. The number of amides is 1. The number of nitrogens with zero attached hydrogens (tertiary/aromatic N) is 4. The fraction of sp³-hybridized carbons (Fsp3) is 0.333. The lowest BCUT2D eigenvalue weighted by atomic mass is 10.1. The van der Waals surface area contributed by atoms with Crippen LogP contribution in [0.2, 0.25) is 5.02 Å². The molecule has 138 valence electrons. The maximum Gasteiger partial charge on any atom is 0.312 e. The van der Waals surface area contributed by atoms with Gasteiger partial charge in [0.25, 0.3) is 5.69 Å².